The molecule has 5 heteroatoms. The third-order valence-corrected chi connectivity index (χ3v) is 4.30. The Bertz CT molecular complexity index is 373. The van der Waals surface area contributed by atoms with Crippen molar-refractivity contribution in [2.45, 2.75) is 53.0 Å². The molecule has 2 unspecified atom stereocenters. The van der Waals surface area contributed by atoms with Crippen LogP contribution in [-0.4, -0.2) is 33.8 Å². The molecular formula is C13H21NO4. The lowest BCUT2D eigenvalue weighted by molar-refractivity contribution is -0.149. The van der Waals surface area contributed by atoms with Crippen LogP contribution in [0.1, 0.15) is 47.0 Å². The van der Waals surface area contributed by atoms with Gasteiger partial charge in [-0.1, -0.05) is 13.8 Å². The number of hydrogen-bond acceptors (Lipinski definition) is 3. The summed E-state index contributed by atoms with van der Waals surface area (Å²) >= 11 is 0. The molecule has 1 aliphatic heterocycles. The minimum absolute atomic E-state index is 0.204. The molecule has 1 heterocycles. The van der Waals surface area contributed by atoms with E-state index in [2.05, 4.69) is 0 Å². The van der Waals surface area contributed by atoms with E-state index in [0.717, 1.165) is 4.90 Å². The van der Waals surface area contributed by atoms with E-state index >= 15 is 0 Å². The number of hydrogen-bond donors (Lipinski definition) is 1. The summed E-state index contributed by atoms with van der Waals surface area (Å²) in [4.78, 5) is 36.5. The summed E-state index contributed by atoms with van der Waals surface area (Å²) in [6.45, 7) is 6.92. The third kappa shape index (κ3) is 2.13. The van der Waals surface area contributed by atoms with Crippen LogP contribution in [0.2, 0.25) is 0 Å². The maximum absolute atomic E-state index is 12.4. The van der Waals surface area contributed by atoms with Gasteiger partial charge in [-0.05, 0) is 26.7 Å². The summed E-state index contributed by atoms with van der Waals surface area (Å²) in [7, 11) is 0. The second-order valence-corrected chi connectivity index (χ2v) is 5.10. The predicted molar refractivity (Wildman–Crippen MR) is 65.7 cm³/mol. The molecule has 0 aromatic heterocycles. The highest BCUT2D eigenvalue weighted by molar-refractivity contribution is 6.06. The second kappa shape index (κ2) is 5.08. The topological polar surface area (TPSA) is 74.7 Å². The Kier molecular flexibility index (Phi) is 4.14. The van der Waals surface area contributed by atoms with Crippen molar-refractivity contribution in [2.24, 2.45) is 11.3 Å². The molecule has 0 bridgehead atoms. The fourth-order valence-electron chi connectivity index (χ4n) is 2.46. The lowest BCUT2D eigenvalue weighted by Crippen LogP contribution is -2.45. The lowest BCUT2D eigenvalue weighted by Gasteiger charge is -2.29. The van der Waals surface area contributed by atoms with E-state index in [4.69, 9.17) is 5.11 Å². The van der Waals surface area contributed by atoms with Crippen molar-refractivity contribution in [3.05, 3.63) is 0 Å². The Morgan fingerprint density at radius 1 is 1.33 bits per heavy atom. The first-order chi connectivity index (χ1) is 8.30. The first-order valence-electron chi connectivity index (χ1n) is 6.40. The van der Waals surface area contributed by atoms with Crippen LogP contribution in [0.3, 0.4) is 0 Å². The van der Waals surface area contributed by atoms with Gasteiger partial charge in [-0.25, -0.2) is 0 Å². The molecule has 0 spiro atoms. The second-order valence-electron chi connectivity index (χ2n) is 5.10. The van der Waals surface area contributed by atoms with Gasteiger partial charge in [0.15, 0.2) is 0 Å². The Balaban J connectivity index is 3.01. The molecule has 5 nitrogen and oxygen atoms in total. The van der Waals surface area contributed by atoms with Crippen LogP contribution in [0.5, 0.6) is 0 Å². The molecule has 2 atom stereocenters. The number of carboxylic acids is 1. The molecule has 1 aliphatic rings. The van der Waals surface area contributed by atoms with E-state index < -0.39 is 23.3 Å². The van der Waals surface area contributed by atoms with Crippen molar-refractivity contribution in [1.29, 1.82) is 0 Å². The first kappa shape index (κ1) is 14.7. The number of carbonyl (C=O) groups is 3. The minimum atomic E-state index is -0.992. The zero-order chi connectivity index (χ0) is 14.1. The Morgan fingerprint density at radius 2 is 1.83 bits per heavy atom. The Labute approximate surface area is 107 Å². The number of carbonyl (C=O) groups excluding carboxylic acids is 2. The zero-order valence-corrected chi connectivity index (χ0v) is 11.4. The quantitative estimate of drug-likeness (QED) is 0.758. The van der Waals surface area contributed by atoms with Crippen molar-refractivity contribution >= 4 is 17.8 Å². The highest BCUT2D eigenvalue weighted by Gasteiger charge is 2.51. The van der Waals surface area contributed by atoms with Crippen LogP contribution >= 0.6 is 0 Å². The number of carboxylic acid groups (broad SMARTS) is 1. The Hall–Kier alpha value is -1.39. The molecule has 2 amide bonds. The molecule has 18 heavy (non-hydrogen) atoms. The number of rotatable bonds is 5. The monoisotopic (exact) mass is 255 g/mol. The summed E-state index contributed by atoms with van der Waals surface area (Å²) in [6, 6.07) is -0.595. The highest BCUT2D eigenvalue weighted by Crippen LogP contribution is 2.40. The van der Waals surface area contributed by atoms with Gasteiger partial charge in [0.25, 0.3) is 0 Å². The largest absolute Gasteiger partial charge is 0.481 e. The number of likely N-dealkylation sites (tertiary alicyclic amines) is 1. The molecular weight excluding hydrogens is 234 g/mol. The number of imide groups is 1. The predicted octanol–water partition coefficient (Wildman–Crippen LogP) is 1.66. The lowest BCUT2D eigenvalue weighted by atomic mass is 9.81. The number of nitrogens with zero attached hydrogens (tertiary/aromatic N) is 1. The molecule has 102 valence electrons. The summed E-state index contributed by atoms with van der Waals surface area (Å²) < 4.78 is 0. The van der Waals surface area contributed by atoms with Crippen molar-refractivity contribution in [3.63, 3.8) is 0 Å². The SMILES string of the molecule is CCC1(CC)CC(=O)N(C(C)C(C)C(=O)O)C1=O. The smallest absolute Gasteiger partial charge is 0.308 e. The molecule has 0 saturated carbocycles. The van der Waals surface area contributed by atoms with E-state index in [1.807, 2.05) is 13.8 Å². The van der Waals surface area contributed by atoms with Gasteiger partial charge in [0.05, 0.1) is 11.3 Å². The van der Waals surface area contributed by atoms with Crippen LogP contribution in [0, 0.1) is 11.3 Å². The summed E-state index contributed by atoms with van der Waals surface area (Å²) in [5.74, 6) is -2.20. The van der Waals surface area contributed by atoms with Gasteiger partial charge in [-0.3, -0.25) is 19.3 Å². The van der Waals surface area contributed by atoms with Crippen LogP contribution in [0.15, 0.2) is 0 Å². The van der Waals surface area contributed by atoms with Gasteiger partial charge in [-0.2, -0.15) is 0 Å². The Morgan fingerprint density at radius 3 is 2.17 bits per heavy atom. The molecule has 0 aromatic rings. The molecule has 1 fully saturated rings. The third-order valence-electron chi connectivity index (χ3n) is 4.30. The van der Waals surface area contributed by atoms with Crippen molar-refractivity contribution < 1.29 is 19.5 Å². The zero-order valence-electron chi connectivity index (χ0n) is 11.4. The van der Waals surface area contributed by atoms with Gasteiger partial charge < -0.3 is 5.11 Å². The molecule has 0 aliphatic carbocycles. The van der Waals surface area contributed by atoms with E-state index in [-0.39, 0.29) is 18.2 Å². The highest BCUT2D eigenvalue weighted by atomic mass is 16.4. The molecule has 1 saturated heterocycles. The van der Waals surface area contributed by atoms with Crippen molar-refractivity contribution in [2.75, 3.05) is 0 Å². The van der Waals surface area contributed by atoms with Crippen LogP contribution in [0.25, 0.3) is 0 Å². The van der Waals surface area contributed by atoms with Gasteiger partial charge >= 0.3 is 5.97 Å². The van der Waals surface area contributed by atoms with Crippen LogP contribution < -0.4 is 0 Å². The minimum Gasteiger partial charge on any atom is -0.481 e. The van der Waals surface area contributed by atoms with Crippen LogP contribution in [-0.2, 0) is 14.4 Å². The fourth-order valence-corrected chi connectivity index (χ4v) is 2.46. The first-order valence-corrected chi connectivity index (χ1v) is 6.40. The molecule has 0 aromatic carbocycles. The van der Waals surface area contributed by atoms with E-state index in [0.29, 0.717) is 12.8 Å². The summed E-state index contributed by atoms with van der Waals surface area (Å²) in [5.41, 5.74) is -0.621. The van der Waals surface area contributed by atoms with Crippen LogP contribution in [0.4, 0.5) is 0 Å². The number of amides is 2. The molecule has 1 N–H and O–H groups in total. The fraction of sp³-hybridized carbons (Fsp3) is 0.769. The normalized spacial score (nSPS) is 22.1. The van der Waals surface area contributed by atoms with Gasteiger partial charge in [0.2, 0.25) is 11.8 Å². The van der Waals surface area contributed by atoms with Gasteiger partial charge in [-0.15, -0.1) is 0 Å². The summed E-state index contributed by atoms with van der Waals surface area (Å²) in [5, 5.41) is 8.98. The number of aliphatic carboxylic acids is 1. The summed E-state index contributed by atoms with van der Waals surface area (Å²) in [6.07, 6.45) is 1.42. The van der Waals surface area contributed by atoms with E-state index in [1.54, 1.807) is 6.92 Å². The van der Waals surface area contributed by atoms with Gasteiger partial charge in [0.1, 0.15) is 0 Å². The van der Waals surface area contributed by atoms with E-state index in [9.17, 15) is 14.4 Å². The van der Waals surface area contributed by atoms with E-state index in [1.165, 1.54) is 6.92 Å². The average molecular weight is 255 g/mol. The maximum Gasteiger partial charge on any atom is 0.308 e. The average Bonchev–Trinajstić information content (AvgIpc) is 2.59. The molecule has 0 radical (unpaired) electrons. The van der Waals surface area contributed by atoms with Crippen molar-refractivity contribution in [3.8, 4) is 0 Å². The standard InChI is InChI=1S/C13H21NO4/c1-5-13(6-2)7-10(15)14(12(13)18)9(4)8(3)11(16)17/h8-9H,5-7H2,1-4H3,(H,16,17). The van der Waals surface area contributed by atoms with Gasteiger partial charge in [0, 0.05) is 12.5 Å². The van der Waals surface area contributed by atoms with Crippen molar-refractivity contribution in [1.82, 2.24) is 4.90 Å². The maximum atomic E-state index is 12.4. The molecule has 1 rings (SSSR count).